The molecule has 0 unspecified atom stereocenters. The van der Waals surface area contributed by atoms with Gasteiger partial charge in [0.1, 0.15) is 11.3 Å². The molecule has 10 heteroatoms. The quantitative estimate of drug-likeness (QED) is 0.662. The minimum absolute atomic E-state index is 0.238. The first-order valence-corrected chi connectivity index (χ1v) is 8.25. The summed E-state index contributed by atoms with van der Waals surface area (Å²) in [6.07, 6.45) is -2.87. The predicted molar refractivity (Wildman–Crippen MR) is 90.9 cm³/mol. The van der Waals surface area contributed by atoms with Crippen LogP contribution in [0.2, 0.25) is 10.0 Å². The van der Waals surface area contributed by atoms with Crippen molar-refractivity contribution in [2.45, 2.75) is 25.8 Å². The van der Waals surface area contributed by atoms with E-state index in [0.29, 0.717) is 20.3 Å². The third-order valence-corrected chi connectivity index (χ3v) is 4.34. The van der Waals surface area contributed by atoms with Crippen molar-refractivity contribution in [3.63, 3.8) is 0 Å². The normalized spacial score (nSPS) is 12.5. The van der Waals surface area contributed by atoms with Crippen molar-refractivity contribution in [2.75, 3.05) is 7.11 Å². The zero-order chi connectivity index (χ0) is 19.6. The topological polar surface area (TPSA) is 47.4 Å². The number of nitrogens with zero attached hydrogens (tertiary/aromatic N) is 3. The third kappa shape index (κ3) is 4.13. The fourth-order valence-electron chi connectivity index (χ4n) is 2.54. The highest BCUT2D eigenvalue weighted by Crippen LogP contribution is 2.27. The van der Waals surface area contributed by atoms with Crippen LogP contribution in [0, 0.1) is 5.95 Å². The van der Waals surface area contributed by atoms with Gasteiger partial charge in [0.25, 0.3) is 12.3 Å². The SMILES string of the molecule is CON(C(=O)c1c(C(F)F)nn(C)c1F)[C@@H](C)Cc1ccc(Cl)cc1Cl. The summed E-state index contributed by atoms with van der Waals surface area (Å²) in [7, 11) is 2.32. The highest BCUT2D eigenvalue weighted by atomic mass is 35.5. The molecule has 26 heavy (non-hydrogen) atoms. The molecule has 1 heterocycles. The molecule has 2 rings (SSSR count). The second kappa shape index (κ2) is 8.28. The molecule has 0 saturated carbocycles. The molecule has 1 amide bonds. The number of aromatic nitrogens is 2. The number of rotatable bonds is 6. The van der Waals surface area contributed by atoms with Gasteiger partial charge < -0.3 is 0 Å². The highest BCUT2D eigenvalue weighted by molar-refractivity contribution is 6.35. The molecule has 0 aliphatic carbocycles. The first kappa shape index (κ1) is 20.5. The summed E-state index contributed by atoms with van der Waals surface area (Å²) < 4.78 is 40.9. The van der Waals surface area contributed by atoms with E-state index in [1.54, 1.807) is 25.1 Å². The van der Waals surface area contributed by atoms with Crippen LogP contribution >= 0.6 is 23.2 Å². The van der Waals surface area contributed by atoms with E-state index in [1.165, 1.54) is 7.11 Å². The van der Waals surface area contributed by atoms with Crippen LogP contribution in [-0.4, -0.2) is 33.9 Å². The number of halogens is 5. The Bertz CT molecular complexity index is 814. The van der Waals surface area contributed by atoms with E-state index in [-0.39, 0.29) is 6.42 Å². The van der Waals surface area contributed by atoms with Gasteiger partial charge in [0, 0.05) is 17.1 Å². The molecule has 0 radical (unpaired) electrons. The number of hydroxylamine groups is 2. The van der Waals surface area contributed by atoms with Crippen LogP contribution in [0.3, 0.4) is 0 Å². The standard InChI is InChI=1S/C16H16Cl2F3N3O2/c1-8(6-9-4-5-10(17)7-11(9)18)24(26-3)16(25)12-13(14(19)20)22-23(2)15(12)21/h4-5,7-8,14H,6H2,1-3H3/t8-/m0/s1. The maximum Gasteiger partial charge on any atom is 0.284 e. The van der Waals surface area contributed by atoms with Crippen molar-refractivity contribution < 1.29 is 22.8 Å². The molecule has 5 nitrogen and oxygen atoms in total. The first-order chi connectivity index (χ1) is 12.2. The summed E-state index contributed by atoms with van der Waals surface area (Å²) in [4.78, 5) is 17.7. The molecule has 1 atom stereocenters. The molecule has 142 valence electrons. The third-order valence-electron chi connectivity index (χ3n) is 3.75. The van der Waals surface area contributed by atoms with Gasteiger partial charge in [-0.05, 0) is 31.0 Å². The lowest BCUT2D eigenvalue weighted by atomic mass is 10.1. The summed E-state index contributed by atoms with van der Waals surface area (Å²) in [5.74, 6) is -2.21. The molecule has 1 aromatic carbocycles. The largest absolute Gasteiger partial charge is 0.284 e. The maximum absolute atomic E-state index is 14.2. The molecule has 0 aliphatic rings. The minimum atomic E-state index is -3.11. The number of aryl methyl sites for hydroxylation is 1. The number of hydrogen-bond donors (Lipinski definition) is 0. The van der Waals surface area contributed by atoms with Gasteiger partial charge in [0.2, 0.25) is 5.95 Å². The number of alkyl halides is 2. The van der Waals surface area contributed by atoms with E-state index in [9.17, 15) is 18.0 Å². The fraction of sp³-hybridized carbons (Fsp3) is 0.375. The second-order valence-corrected chi connectivity index (χ2v) is 6.42. The number of amides is 1. The molecule has 0 aliphatic heterocycles. The Morgan fingerprint density at radius 3 is 2.58 bits per heavy atom. The van der Waals surface area contributed by atoms with Crippen LogP contribution in [0.1, 0.15) is 35.0 Å². The van der Waals surface area contributed by atoms with Gasteiger partial charge in [-0.3, -0.25) is 9.63 Å². The first-order valence-electron chi connectivity index (χ1n) is 7.49. The van der Waals surface area contributed by atoms with Gasteiger partial charge >= 0.3 is 0 Å². The van der Waals surface area contributed by atoms with Crippen LogP contribution in [0.5, 0.6) is 0 Å². The Hall–Kier alpha value is -1.77. The monoisotopic (exact) mass is 409 g/mol. The van der Waals surface area contributed by atoms with Gasteiger partial charge in [-0.15, -0.1) is 0 Å². The Kier molecular flexibility index (Phi) is 6.54. The number of carbonyl (C=O) groups excluding carboxylic acids is 1. The molecule has 0 N–H and O–H groups in total. The van der Waals surface area contributed by atoms with Gasteiger partial charge in [-0.25, -0.2) is 18.5 Å². The minimum Gasteiger partial charge on any atom is -0.274 e. The second-order valence-electron chi connectivity index (χ2n) is 5.58. The Morgan fingerprint density at radius 1 is 1.38 bits per heavy atom. The van der Waals surface area contributed by atoms with Crippen molar-refractivity contribution >= 4 is 29.1 Å². The summed E-state index contributed by atoms with van der Waals surface area (Å²) in [6, 6.07) is 4.22. The predicted octanol–water partition coefficient (Wildman–Crippen LogP) is 4.44. The van der Waals surface area contributed by atoms with Crippen LogP contribution < -0.4 is 0 Å². The van der Waals surface area contributed by atoms with Gasteiger partial charge in [0.15, 0.2) is 0 Å². The van der Waals surface area contributed by atoms with Gasteiger partial charge in [-0.2, -0.15) is 9.49 Å². The number of hydrogen-bond acceptors (Lipinski definition) is 3. The summed E-state index contributed by atoms with van der Waals surface area (Å²) in [6.45, 7) is 1.61. The Balaban J connectivity index is 2.31. The molecule has 0 saturated heterocycles. The zero-order valence-electron chi connectivity index (χ0n) is 14.1. The molecule has 0 fully saturated rings. The number of carbonyl (C=O) groups is 1. The molecular formula is C16H16Cl2F3N3O2. The fourth-order valence-corrected chi connectivity index (χ4v) is 3.02. The van der Waals surface area contributed by atoms with Crippen LogP contribution in [0.25, 0.3) is 0 Å². The average Bonchev–Trinajstić information content (AvgIpc) is 2.86. The van der Waals surface area contributed by atoms with E-state index < -0.39 is 35.6 Å². The lowest BCUT2D eigenvalue weighted by Gasteiger charge is -2.27. The van der Waals surface area contributed by atoms with E-state index in [2.05, 4.69) is 5.10 Å². The average molecular weight is 410 g/mol. The van der Waals surface area contributed by atoms with Crippen LogP contribution in [-0.2, 0) is 18.3 Å². The van der Waals surface area contributed by atoms with Crippen molar-refractivity contribution in [1.29, 1.82) is 0 Å². The van der Waals surface area contributed by atoms with Gasteiger partial charge in [0.05, 0.1) is 13.2 Å². The maximum atomic E-state index is 14.2. The highest BCUT2D eigenvalue weighted by Gasteiger charge is 2.33. The lowest BCUT2D eigenvalue weighted by molar-refractivity contribution is -0.119. The van der Waals surface area contributed by atoms with Crippen molar-refractivity contribution in [3.05, 3.63) is 51.0 Å². The van der Waals surface area contributed by atoms with Crippen molar-refractivity contribution in [1.82, 2.24) is 14.8 Å². The van der Waals surface area contributed by atoms with E-state index in [1.807, 2.05) is 0 Å². The Labute approximate surface area is 158 Å². The molecule has 2 aromatic rings. The smallest absolute Gasteiger partial charge is 0.274 e. The summed E-state index contributed by atoms with van der Waals surface area (Å²) in [5, 5.41) is 5.02. The summed E-state index contributed by atoms with van der Waals surface area (Å²) in [5.41, 5.74) is -1.09. The van der Waals surface area contributed by atoms with Crippen molar-refractivity contribution in [2.24, 2.45) is 7.05 Å². The zero-order valence-corrected chi connectivity index (χ0v) is 15.7. The van der Waals surface area contributed by atoms with Gasteiger partial charge in [-0.1, -0.05) is 29.3 Å². The van der Waals surface area contributed by atoms with E-state index in [0.717, 1.165) is 12.1 Å². The molecule has 1 aromatic heterocycles. The van der Waals surface area contributed by atoms with Crippen molar-refractivity contribution in [3.8, 4) is 0 Å². The molecule has 0 spiro atoms. The van der Waals surface area contributed by atoms with Crippen LogP contribution in [0.15, 0.2) is 18.2 Å². The van der Waals surface area contributed by atoms with E-state index in [4.69, 9.17) is 28.0 Å². The summed E-state index contributed by atoms with van der Waals surface area (Å²) >= 11 is 12.0. The van der Waals surface area contributed by atoms with E-state index >= 15 is 0 Å². The Morgan fingerprint density at radius 2 is 2.04 bits per heavy atom. The number of benzene rings is 1. The molecule has 0 bridgehead atoms. The molecular weight excluding hydrogens is 394 g/mol. The lowest BCUT2D eigenvalue weighted by Crippen LogP contribution is -2.39. The van der Waals surface area contributed by atoms with Crippen LogP contribution in [0.4, 0.5) is 13.2 Å².